The highest BCUT2D eigenvalue weighted by molar-refractivity contribution is 9.10. The Morgan fingerprint density at radius 1 is 1.32 bits per heavy atom. The second-order valence-electron chi connectivity index (χ2n) is 7.53. The first-order chi connectivity index (χ1) is 14.9. The molecule has 31 heavy (non-hydrogen) atoms. The van der Waals surface area contributed by atoms with E-state index >= 15 is 0 Å². The normalized spacial score (nSPS) is 24.5. The molecule has 2 aromatic rings. The van der Waals surface area contributed by atoms with Crippen LogP contribution in [-0.2, 0) is 9.59 Å². The van der Waals surface area contributed by atoms with Crippen molar-refractivity contribution in [3.8, 4) is 0 Å². The van der Waals surface area contributed by atoms with Gasteiger partial charge >= 0.3 is 6.03 Å². The molecule has 11 nitrogen and oxygen atoms in total. The van der Waals surface area contributed by atoms with Crippen LogP contribution in [0.2, 0.25) is 0 Å². The SMILES string of the molecule is O=C1C[C@@H](C(=O)N2CCC(CO)C(NC(=O)c3cn4c(Br)cnc4s3)CC2)NC(=O)N1. The van der Waals surface area contributed by atoms with Gasteiger partial charge in [0.2, 0.25) is 11.8 Å². The van der Waals surface area contributed by atoms with E-state index in [4.69, 9.17) is 0 Å². The highest BCUT2D eigenvalue weighted by atomic mass is 79.9. The van der Waals surface area contributed by atoms with Crippen molar-refractivity contribution in [2.45, 2.75) is 31.3 Å². The predicted octanol–water partition coefficient (Wildman–Crippen LogP) is 0.0857. The maximum atomic E-state index is 12.8. The monoisotopic (exact) mass is 512 g/mol. The number of thiazole rings is 1. The van der Waals surface area contributed by atoms with Crippen molar-refractivity contribution in [1.82, 2.24) is 30.2 Å². The van der Waals surface area contributed by atoms with Crippen LogP contribution < -0.4 is 16.0 Å². The van der Waals surface area contributed by atoms with E-state index in [9.17, 15) is 24.3 Å². The average Bonchev–Trinajstić information content (AvgIpc) is 3.24. The summed E-state index contributed by atoms with van der Waals surface area (Å²) in [6.45, 7) is 0.576. The summed E-state index contributed by atoms with van der Waals surface area (Å²) < 4.78 is 2.52. The first-order valence-electron chi connectivity index (χ1n) is 9.79. The van der Waals surface area contributed by atoms with E-state index in [-0.39, 0.29) is 36.8 Å². The number of halogens is 1. The zero-order chi connectivity index (χ0) is 22.1. The van der Waals surface area contributed by atoms with E-state index in [0.29, 0.717) is 35.8 Å². The second-order valence-corrected chi connectivity index (χ2v) is 9.35. The molecule has 0 aromatic carbocycles. The Kier molecular flexibility index (Phi) is 6.25. The fourth-order valence-corrected chi connectivity index (χ4v) is 5.23. The van der Waals surface area contributed by atoms with Crippen molar-refractivity contribution in [3.05, 3.63) is 21.9 Å². The smallest absolute Gasteiger partial charge is 0.322 e. The average molecular weight is 513 g/mol. The summed E-state index contributed by atoms with van der Waals surface area (Å²) in [7, 11) is 0. The summed E-state index contributed by atoms with van der Waals surface area (Å²) in [6, 6.07) is -1.91. The standard InChI is InChI=1S/C18H21BrN6O5S/c19-13-6-20-18-25(13)7-12(31-18)15(28)21-10-2-4-24(3-1-9(10)8-26)16(29)11-5-14(27)23-17(30)22-11/h6-7,9-11,26H,1-5,8H2,(H,21,28)(H2,22,23,27,30)/t9?,10?,11-/m0/s1. The number of nitrogens with one attached hydrogen (secondary N) is 3. The van der Waals surface area contributed by atoms with Gasteiger partial charge in [0.15, 0.2) is 4.96 Å². The lowest BCUT2D eigenvalue weighted by molar-refractivity contribution is -0.136. The Morgan fingerprint density at radius 3 is 2.81 bits per heavy atom. The van der Waals surface area contributed by atoms with Crippen LogP contribution in [0, 0.1) is 5.92 Å². The minimum atomic E-state index is -0.902. The molecule has 2 fully saturated rings. The molecule has 4 N–H and O–H groups in total. The molecule has 2 unspecified atom stereocenters. The molecule has 4 rings (SSSR count). The number of rotatable bonds is 4. The molecule has 2 aliphatic heterocycles. The zero-order valence-electron chi connectivity index (χ0n) is 16.3. The Morgan fingerprint density at radius 2 is 2.10 bits per heavy atom. The van der Waals surface area contributed by atoms with Crippen LogP contribution in [-0.4, -0.2) is 74.9 Å². The van der Waals surface area contributed by atoms with E-state index in [1.807, 2.05) is 0 Å². The molecule has 2 aliphatic rings. The maximum Gasteiger partial charge on any atom is 0.322 e. The largest absolute Gasteiger partial charge is 0.396 e. The van der Waals surface area contributed by atoms with E-state index in [2.05, 4.69) is 36.9 Å². The number of imidazole rings is 1. The fraction of sp³-hybridized carbons (Fsp3) is 0.500. The number of aromatic nitrogens is 2. The third-order valence-electron chi connectivity index (χ3n) is 5.55. The van der Waals surface area contributed by atoms with Crippen molar-refractivity contribution < 1.29 is 24.3 Å². The number of aliphatic hydroxyl groups is 1. The van der Waals surface area contributed by atoms with Crippen molar-refractivity contribution in [2.24, 2.45) is 5.92 Å². The van der Waals surface area contributed by atoms with Gasteiger partial charge in [-0.05, 0) is 28.8 Å². The first-order valence-corrected chi connectivity index (χ1v) is 11.4. The number of fused-ring (bicyclic) bond motifs is 1. The van der Waals surface area contributed by atoms with Gasteiger partial charge in [-0.2, -0.15) is 0 Å². The summed E-state index contributed by atoms with van der Waals surface area (Å²) in [6.07, 6.45) is 4.18. The molecule has 166 valence electrons. The number of nitrogens with zero attached hydrogens (tertiary/aromatic N) is 3. The number of aliphatic hydroxyl groups excluding tert-OH is 1. The van der Waals surface area contributed by atoms with Gasteiger partial charge in [0.25, 0.3) is 5.91 Å². The summed E-state index contributed by atoms with van der Waals surface area (Å²) in [5.41, 5.74) is 0. The number of urea groups is 1. The molecular weight excluding hydrogens is 492 g/mol. The van der Waals surface area contributed by atoms with Crippen molar-refractivity contribution >= 4 is 56.0 Å². The lowest BCUT2D eigenvalue weighted by Crippen LogP contribution is -2.58. The Bertz CT molecular complexity index is 1020. The number of hydrogen-bond donors (Lipinski definition) is 4. The summed E-state index contributed by atoms with van der Waals surface area (Å²) in [5, 5.41) is 17.4. The van der Waals surface area contributed by atoms with Crippen LogP contribution in [0.5, 0.6) is 0 Å². The molecule has 0 spiro atoms. The van der Waals surface area contributed by atoms with Crippen LogP contribution >= 0.6 is 27.3 Å². The second kappa shape index (κ2) is 8.93. The zero-order valence-corrected chi connectivity index (χ0v) is 18.7. The van der Waals surface area contributed by atoms with Gasteiger partial charge < -0.3 is 20.6 Å². The van der Waals surface area contributed by atoms with Crippen LogP contribution in [0.4, 0.5) is 4.79 Å². The van der Waals surface area contributed by atoms with Gasteiger partial charge in [-0.15, -0.1) is 0 Å². The van der Waals surface area contributed by atoms with Crippen LogP contribution in [0.3, 0.4) is 0 Å². The first kappa shape index (κ1) is 21.7. The molecule has 2 saturated heterocycles. The van der Waals surface area contributed by atoms with Crippen LogP contribution in [0.25, 0.3) is 4.96 Å². The summed E-state index contributed by atoms with van der Waals surface area (Å²) in [4.78, 5) is 55.7. The number of amides is 5. The quantitative estimate of drug-likeness (QED) is 0.456. The molecule has 0 radical (unpaired) electrons. The van der Waals surface area contributed by atoms with Gasteiger partial charge in [-0.1, -0.05) is 11.3 Å². The minimum Gasteiger partial charge on any atom is -0.396 e. The highest BCUT2D eigenvalue weighted by Crippen LogP contribution is 2.24. The Labute approximate surface area is 189 Å². The van der Waals surface area contributed by atoms with E-state index in [1.165, 1.54) is 11.3 Å². The molecule has 2 aromatic heterocycles. The maximum absolute atomic E-state index is 12.8. The van der Waals surface area contributed by atoms with Gasteiger partial charge in [-0.3, -0.25) is 24.1 Å². The molecule has 0 aliphatic carbocycles. The number of carbonyl (C=O) groups excluding carboxylic acids is 4. The molecule has 0 saturated carbocycles. The van der Waals surface area contributed by atoms with E-state index < -0.39 is 18.0 Å². The minimum absolute atomic E-state index is 0.111. The van der Waals surface area contributed by atoms with Gasteiger partial charge in [0.1, 0.15) is 15.5 Å². The predicted molar refractivity (Wildman–Crippen MR) is 113 cm³/mol. The Balaban J connectivity index is 1.42. The molecule has 4 heterocycles. The van der Waals surface area contributed by atoms with Gasteiger partial charge in [0, 0.05) is 37.9 Å². The van der Waals surface area contributed by atoms with Crippen LogP contribution in [0.1, 0.15) is 28.9 Å². The van der Waals surface area contributed by atoms with E-state index in [1.54, 1.807) is 21.7 Å². The lowest BCUT2D eigenvalue weighted by Gasteiger charge is -2.28. The van der Waals surface area contributed by atoms with E-state index in [0.717, 1.165) is 4.60 Å². The molecule has 5 amide bonds. The summed E-state index contributed by atoms with van der Waals surface area (Å²) >= 11 is 4.63. The highest BCUT2D eigenvalue weighted by Gasteiger charge is 2.35. The van der Waals surface area contributed by atoms with Crippen molar-refractivity contribution in [2.75, 3.05) is 19.7 Å². The number of likely N-dealkylation sites (tertiary alicyclic amines) is 1. The number of carbonyl (C=O) groups is 4. The molecular formula is C18H21BrN6O5S. The molecule has 3 atom stereocenters. The van der Waals surface area contributed by atoms with Gasteiger partial charge in [-0.25, -0.2) is 9.78 Å². The number of hydrogen-bond acceptors (Lipinski definition) is 7. The van der Waals surface area contributed by atoms with Crippen molar-refractivity contribution in [1.29, 1.82) is 0 Å². The third-order valence-corrected chi connectivity index (χ3v) is 7.13. The number of imide groups is 1. The topological polar surface area (TPSA) is 145 Å². The third kappa shape index (κ3) is 4.57. The molecule has 0 bridgehead atoms. The van der Waals surface area contributed by atoms with Gasteiger partial charge in [0.05, 0.1) is 12.6 Å². The fourth-order valence-electron chi connectivity index (χ4n) is 3.88. The Hall–Kier alpha value is -2.51. The molecule has 13 heteroatoms. The van der Waals surface area contributed by atoms with Crippen LogP contribution in [0.15, 0.2) is 17.0 Å². The lowest BCUT2D eigenvalue weighted by atomic mass is 9.95. The van der Waals surface area contributed by atoms with Crippen molar-refractivity contribution in [3.63, 3.8) is 0 Å². The summed E-state index contributed by atoms with van der Waals surface area (Å²) in [5.74, 6) is -1.32.